The van der Waals surface area contributed by atoms with E-state index in [0.717, 1.165) is 67.1 Å². The van der Waals surface area contributed by atoms with Crippen molar-refractivity contribution in [3.8, 4) is 11.5 Å². The minimum atomic E-state index is 0.0408. The van der Waals surface area contributed by atoms with Gasteiger partial charge in [-0.1, -0.05) is 38.5 Å². The summed E-state index contributed by atoms with van der Waals surface area (Å²) in [5.41, 5.74) is 2.15. The molecule has 0 spiro atoms. The van der Waals surface area contributed by atoms with Crippen LogP contribution in [0.4, 0.5) is 0 Å². The minimum Gasteiger partial charge on any atom is -0.497 e. The van der Waals surface area contributed by atoms with Crippen molar-refractivity contribution in [2.24, 2.45) is 5.92 Å². The highest BCUT2D eigenvalue weighted by atomic mass is 16.5. The molecule has 1 heterocycles. The predicted octanol–water partition coefficient (Wildman–Crippen LogP) is 4.61. The van der Waals surface area contributed by atoms with Crippen molar-refractivity contribution >= 4 is 16.9 Å². The predicted molar refractivity (Wildman–Crippen MR) is 124 cm³/mol. The number of hydrogen-bond acceptors (Lipinski definition) is 4. The van der Waals surface area contributed by atoms with Crippen LogP contribution in [0.5, 0.6) is 11.5 Å². The lowest BCUT2D eigenvalue weighted by atomic mass is 10.1. The summed E-state index contributed by atoms with van der Waals surface area (Å²) in [5, 5.41) is 2.98. The molecule has 0 aliphatic carbocycles. The van der Waals surface area contributed by atoms with E-state index in [-0.39, 0.29) is 11.8 Å². The Morgan fingerprint density at radius 2 is 1.87 bits per heavy atom. The highest BCUT2D eigenvalue weighted by Crippen LogP contribution is 2.20. The van der Waals surface area contributed by atoms with Gasteiger partial charge >= 0.3 is 0 Å². The number of amides is 1. The lowest BCUT2D eigenvalue weighted by Gasteiger charge is -2.12. The van der Waals surface area contributed by atoms with Gasteiger partial charge in [0.2, 0.25) is 5.91 Å². The fourth-order valence-corrected chi connectivity index (χ4v) is 3.51. The van der Waals surface area contributed by atoms with Crippen molar-refractivity contribution in [3.05, 3.63) is 54.4 Å². The van der Waals surface area contributed by atoms with Crippen LogP contribution in [0.25, 0.3) is 11.0 Å². The largest absolute Gasteiger partial charge is 0.497 e. The van der Waals surface area contributed by atoms with Crippen molar-refractivity contribution in [3.63, 3.8) is 0 Å². The Balaban J connectivity index is 1.55. The zero-order valence-electron chi connectivity index (χ0n) is 18.8. The van der Waals surface area contributed by atoms with Gasteiger partial charge < -0.3 is 19.4 Å². The summed E-state index contributed by atoms with van der Waals surface area (Å²) < 4.78 is 13.5. The summed E-state index contributed by atoms with van der Waals surface area (Å²) in [4.78, 5) is 16.5. The third-order valence-corrected chi connectivity index (χ3v) is 5.26. The average Bonchev–Trinajstić information content (AvgIpc) is 3.13. The van der Waals surface area contributed by atoms with Crippen LogP contribution in [0.15, 0.2) is 48.5 Å². The molecule has 166 valence electrons. The van der Waals surface area contributed by atoms with E-state index in [2.05, 4.69) is 22.0 Å². The van der Waals surface area contributed by atoms with Crippen LogP contribution in [-0.4, -0.2) is 35.7 Å². The Kier molecular flexibility index (Phi) is 8.33. The summed E-state index contributed by atoms with van der Waals surface area (Å²) in [7, 11) is 1.65. The Morgan fingerprint density at radius 1 is 1.06 bits per heavy atom. The van der Waals surface area contributed by atoms with Crippen LogP contribution in [-0.2, 0) is 17.8 Å². The van der Waals surface area contributed by atoms with Gasteiger partial charge in [-0.25, -0.2) is 4.98 Å². The van der Waals surface area contributed by atoms with Gasteiger partial charge in [0.1, 0.15) is 23.9 Å². The number of ether oxygens (including phenoxy) is 2. The average molecular weight is 424 g/mol. The summed E-state index contributed by atoms with van der Waals surface area (Å²) in [6.07, 6.45) is 3.99. The molecule has 0 bridgehead atoms. The molecule has 31 heavy (non-hydrogen) atoms. The lowest BCUT2D eigenvalue weighted by molar-refractivity contribution is -0.123. The molecule has 0 saturated carbocycles. The van der Waals surface area contributed by atoms with Crippen molar-refractivity contribution < 1.29 is 14.3 Å². The lowest BCUT2D eigenvalue weighted by Crippen LogP contribution is -2.28. The van der Waals surface area contributed by atoms with Crippen LogP contribution in [0, 0.1) is 5.92 Å². The first kappa shape index (κ1) is 22.7. The number of benzene rings is 2. The third kappa shape index (κ3) is 6.48. The number of aryl methyl sites for hydroxylation is 1. The second-order valence-electron chi connectivity index (χ2n) is 7.95. The van der Waals surface area contributed by atoms with Crippen molar-refractivity contribution in [2.75, 3.05) is 20.3 Å². The highest BCUT2D eigenvalue weighted by molar-refractivity contribution is 5.77. The molecule has 1 aromatic heterocycles. The number of nitrogens with zero attached hydrogens (tertiary/aromatic N) is 2. The van der Waals surface area contributed by atoms with Gasteiger partial charge in [0.15, 0.2) is 0 Å². The van der Waals surface area contributed by atoms with E-state index < -0.39 is 0 Å². The Hall–Kier alpha value is -3.02. The quantitative estimate of drug-likeness (QED) is 0.432. The standard InChI is InChI=1S/C25H33N3O3/c1-19(2)25(29)26-15-8-4-5-14-24-27-22-12-6-7-13-23(22)28(24)16-17-31-21-11-9-10-20(18-21)30-3/h6-7,9-13,18-19H,4-5,8,14-17H2,1-3H3,(H,26,29). The van der Waals surface area contributed by atoms with Crippen LogP contribution < -0.4 is 14.8 Å². The monoisotopic (exact) mass is 423 g/mol. The third-order valence-electron chi connectivity index (χ3n) is 5.26. The van der Waals surface area contributed by atoms with Gasteiger partial charge in [-0.05, 0) is 37.1 Å². The van der Waals surface area contributed by atoms with Crippen molar-refractivity contribution in [1.82, 2.24) is 14.9 Å². The summed E-state index contributed by atoms with van der Waals surface area (Å²) >= 11 is 0. The van der Waals surface area contributed by atoms with Crippen LogP contribution >= 0.6 is 0 Å². The maximum atomic E-state index is 11.6. The summed E-state index contributed by atoms with van der Waals surface area (Å²) in [6, 6.07) is 15.9. The van der Waals surface area contributed by atoms with Crippen molar-refractivity contribution in [2.45, 2.75) is 46.1 Å². The zero-order valence-corrected chi connectivity index (χ0v) is 18.8. The molecule has 1 N–H and O–H groups in total. The van der Waals surface area contributed by atoms with E-state index in [1.54, 1.807) is 7.11 Å². The van der Waals surface area contributed by atoms with Gasteiger partial charge in [-0.15, -0.1) is 0 Å². The topological polar surface area (TPSA) is 65.4 Å². The molecule has 6 nitrogen and oxygen atoms in total. The summed E-state index contributed by atoms with van der Waals surface area (Å²) in [5.74, 6) is 2.84. The molecule has 2 aromatic carbocycles. The van der Waals surface area contributed by atoms with Gasteiger partial charge in [0.25, 0.3) is 0 Å². The van der Waals surface area contributed by atoms with Gasteiger partial charge in [0.05, 0.1) is 24.7 Å². The first-order valence-electron chi connectivity index (χ1n) is 11.1. The first-order valence-corrected chi connectivity index (χ1v) is 11.1. The van der Waals surface area contributed by atoms with E-state index in [4.69, 9.17) is 14.5 Å². The number of methoxy groups -OCH3 is 1. The highest BCUT2D eigenvalue weighted by Gasteiger charge is 2.11. The van der Waals surface area contributed by atoms with E-state index in [1.807, 2.05) is 50.2 Å². The molecule has 1 amide bonds. The van der Waals surface area contributed by atoms with Crippen LogP contribution in [0.1, 0.15) is 38.9 Å². The zero-order chi connectivity index (χ0) is 22.1. The number of carbonyl (C=O) groups excluding carboxylic acids is 1. The number of rotatable bonds is 12. The number of carbonyl (C=O) groups is 1. The van der Waals surface area contributed by atoms with E-state index in [0.29, 0.717) is 6.61 Å². The second-order valence-corrected chi connectivity index (χ2v) is 7.95. The maximum Gasteiger partial charge on any atom is 0.222 e. The number of unbranched alkanes of at least 4 members (excludes halogenated alkanes) is 2. The Morgan fingerprint density at radius 3 is 2.68 bits per heavy atom. The van der Waals surface area contributed by atoms with Gasteiger partial charge in [-0.3, -0.25) is 4.79 Å². The Labute approximate surface area is 184 Å². The molecular formula is C25H33N3O3. The molecule has 0 unspecified atom stereocenters. The molecule has 0 aliphatic heterocycles. The second kappa shape index (κ2) is 11.4. The molecule has 0 atom stereocenters. The molecule has 0 radical (unpaired) electrons. The van der Waals surface area contributed by atoms with Crippen LogP contribution in [0.3, 0.4) is 0 Å². The van der Waals surface area contributed by atoms with Crippen molar-refractivity contribution in [1.29, 1.82) is 0 Å². The summed E-state index contributed by atoms with van der Waals surface area (Å²) in [6.45, 7) is 5.86. The normalized spacial score (nSPS) is 11.1. The molecule has 6 heteroatoms. The number of hydrogen-bond donors (Lipinski definition) is 1. The van der Waals surface area contributed by atoms with E-state index >= 15 is 0 Å². The number of imidazole rings is 1. The molecular weight excluding hydrogens is 390 g/mol. The van der Waals surface area contributed by atoms with Gasteiger partial charge in [0, 0.05) is 24.9 Å². The van der Waals surface area contributed by atoms with Crippen LogP contribution in [0.2, 0.25) is 0 Å². The van der Waals surface area contributed by atoms with E-state index in [1.165, 1.54) is 0 Å². The first-order chi connectivity index (χ1) is 15.1. The number of fused-ring (bicyclic) bond motifs is 1. The number of aromatic nitrogens is 2. The SMILES string of the molecule is COc1cccc(OCCn2c(CCCCCNC(=O)C(C)C)nc3ccccc32)c1. The smallest absolute Gasteiger partial charge is 0.222 e. The fraction of sp³-hybridized carbons (Fsp3) is 0.440. The molecule has 3 aromatic rings. The number of para-hydroxylation sites is 2. The fourth-order valence-electron chi connectivity index (χ4n) is 3.51. The number of nitrogens with one attached hydrogen (secondary N) is 1. The van der Waals surface area contributed by atoms with E-state index in [9.17, 15) is 4.79 Å². The maximum absolute atomic E-state index is 11.6. The molecule has 0 fully saturated rings. The molecule has 0 aliphatic rings. The minimum absolute atomic E-state index is 0.0408. The van der Waals surface area contributed by atoms with Gasteiger partial charge in [-0.2, -0.15) is 0 Å². The Bertz CT molecular complexity index is 981. The molecule has 0 saturated heterocycles. The molecule has 3 rings (SSSR count).